The number of benzene rings is 1. The molecular weight excluding hydrogens is 252 g/mol. The molecule has 100 valence electrons. The lowest BCUT2D eigenvalue weighted by molar-refractivity contribution is 0.551. The molecule has 0 saturated heterocycles. The molecule has 4 nitrogen and oxygen atoms in total. The molecule has 0 aliphatic carbocycles. The molecule has 0 aliphatic rings. The first-order valence-corrected chi connectivity index (χ1v) is 6.37. The van der Waals surface area contributed by atoms with E-state index in [4.69, 9.17) is 10.2 Å². The standard InChI is InChI=1S/C16H14N2O2/c1-10-12-4-2-3-5-14(12)20-16(19)13(10)8-11-6-7-18-15(17)9-11/h2-7,9H,8H2,1H3,(H2,17,18). The monoisotopic (exact) mass is 266 g/mol. The largest absolute Gasteiger partial charge is 0.423 e. The van der Waals surface area contributed by atoms with Gasteiger partial charge >= 0.3 is 5.63 Å². The van der Waals surface area contributed by atoms with Crippen LogP contribution in [0.4, 0.5) is 5.82 Å². The number of aromatic nitrogens is 1. The summed E-state index contributed by atoms with van der Waals surface area (Å²) in [5.41, 5.74) is 8.55. The normalized spacial score (nSPS) is 10.8. The molecule has 0 aliphatic heterocycles. The zero-order chi connectivity index (χ0) is 14.1. The van der Waals surface area contributed by atoms with Crippen molar-refractivity contribution in [2.24, 2.45) is 0 Å². The second-order valence-electron chi connectivity index (χ2n) is 4.75. The first-order valence-electron chi connectivity index (χ1n) is 6.37. The Hall–Kier alpha value is -2.62. The van der Waals surface area contributed by atoms with Crippen molar-refractivity contribution in [3.05, 3.63) is 69.7 Å². The molecule has 0 unspecified atom stereocenters. The molecule has 0 bridgehead atoms. The fourth-order valence-electron chi connectivity index (χ4n) is 2.36. The van der Waals surface area contributed by atoms with Crippen molar-refractivity contribution in [1.29, 1.82) is 0 Å². The van der Waals surface area contributed by atoms with Crippen LogP contribution >= 0.6 is 0 Å². The van der Waals surface area contributed by atoms with Gasteiger partial charge in [-0.25, -0.2) is 9.78 Å². The SMILES string of the molecule is Cc1c(Cc2ccnc(N)c2)c(=O)oc2ccccc12. The van der Waals surface area contributed by atoms with Crippen molar-refractivity contribution in [3.63, 3.8) is 0 Å². The number of rotatable bonds is 2. The van der Waals surface area contributed by atoms with Crippen LogP contribution in [0.5, 0.6) is 0 Å². The van der Waals surface area contributed by atoms with Gasteiger partial charge in [0.15, 0.2) is 0 Å². The van der Waals surface area contributed by atoms with Gasteiger partial charge in [-0.3, -0.25) is 0 Å². The van der Waals surface area contributed by atoms with Gasteiger partial charge in [0, 0.05) is 23.6 Å². The summed E-state index contributed by atoms with van der Waals surface area (Å²) >= 11 is 0. The van der Waals surface area contributed by atoms with E-state index in [-0.39, 0.29) is 5.63 Å². The smallest absolute Gasteiger partial charge is 0.340 e. The highest BCUT2D eigenvalue weighted by molar-refractivity contribution is 5.80. The van der Waals surface area contributed by atoms with Gasteiger partial charge in [0.1, 0.15) is 11.4 Å². The number of anilines is 1. The van der Waals surface area contributed by atoms with E-state index < -0.39 is 0 Å². The van der Waals surface area contributed by atoms with E-state index in [0.717, 1.165) is 16.5 Å². The van der Waals surface area contributed by atoms with Crippen molar-refractivity contribution >= 4 is 16.8 Å². The molecule has 2 aromatic heterocycles. The summed E-state index contributed by atoms with van der Waals surface area (Å²) in [4.78, 5) is 16.1. The zero-order valence-electron chi connectivity index (χ0n) is 11.1. The molecule has 3 aromatic rings. The number of nitrogens with zero attached hydrogens (tertiary/aromatic N) is 1. The molecule has 2 N–H and O–H groups in total. The zero-order valence-corrected chi connectivity index (χ0v) is 11.1. The van der Waals surface area contributed by atoms with Crippen LogP contribution in [0.3, 0.4) is 0 Å². The van der Waals surface area contributed by atoms with Crippen molar-refractivity contribution < 1.29 is 4.42 Å². The number of hydrogen-bond donors (Lipinski definition) is 1. The Morgan fingerprint density at radius 1 is 1.25 bits per heavy atom. The summed E-state index contributed by atoms with van der Waals surface area (Å²) in [5.74, 6) is 0.449. The molecule has 4 heteroatoms. The highest BCUT2D eigenvalue weighted by Gasteiger charge is 2.11. The number of fused-ring (bicyclic) bond motifs is 1. The number of para-hydroxylation sites is 1. The Balaban J connectivity index is 2.14. The van der Waals surface area contributed by atoms with Gasteiger partial charge in [-0.2, -0.15) is 0 Å². The molecule has 20 heavy (non-hydrogen) atoms. The summed E-state index contributed by atoms with van der Waals surface area (Å²) in [7, 11) is 0. The van der Waals surface area contributed by atoms with Gasteiger partial charge < -0.3 is 10.2 Å². The topological polar surface area (TPSA) is 69.1 Å². The highest BCUT2D eigenvalue weighted by atomic mass is 16.4. The first kappa shape index (κ1) is 12.4. The van der Waals surface area contributed by atoms with Gasteiger partial charge in [0.05, 0.1) is 0 Å². The molecule has 0 radical (unpaired) electrons. The molecule has 2 heterocycles. The van der Waals surface area contributed by atoms with E-state index in [2.05, 4.69) is 4.98 Å². The Kier molecular flexibility index (Phi) is 2.99. The fourth-order valence-corrected chi connectivity index (χ4v) is 2.36. The Morgan fingerprint density at radius 3 is 2.85 bits per heavy atom. The molecular formula is C16H14N2O2. The lowest BCUT2D eigenvalue weighted by atomic mass is 10.0. The molecule has 0 atom stereocenters. The summed E-state index contributed by atoms with van der Waals surface area (Å²) in [6, 6.07) is 11.2. The fraction of sp³-hybridized carbons (Fsp3) is 0.125. The summed E-state index contributed by atoms with van der Waals surface area (Å²) in [6.07, 6.45) is 2.13. The summed E-state index contributed by atoms with van der Waals surface area (Å²) in [6.45, 7) is 1.94. The molecule has 0 amide bonds. The van der Waals surface area contributed by atoms with E-state index in [1.54, 1.807) is 18.3 Å². The van der Waals surface area contributed by atoms with Crippen molar-refractivity contribution in [1.82, 2.24) is 4.98 Å². The number of hydrogen-bond acceptors (Lipinski definition) is 4. The van der Waals surface area contributed by atoms with Crippen molar-refractivity contribution in [3.8, 4) is 0 Å². The van der Waals surface area contributed by atoms with Crippen molar-refractivity contribution in [2.75, 3.05) is 5.73 Å². The molecule has 0 fully saturated rings. The maximum Gasteiger partial charge on any atom is 0.340 e. The number of pyridine rings is 1. The maximum atomic E-state index is 12.1. The second kappa shape index (κ2) is 4.81. The highest BCUT2D eigenvalue weighted by Crippen LogP contribution is 2.20. The van der Waals surface area contributed by atoms with Gasteiger partial charge in [-0.15, -0.1) is 0 Å². The lowest BCUT2D eigenvalue weighted by Crippen LogP contribution is -2.11. The quantitative estimate of drug-likeness (QED) is 0.724. The molecule has 1 aromatic carbocycles. The van der Waals surface area contributed by atoms with Crippen LogP contribution in [0.15, 0.2) is 51.8 Å². The molecule has 0 spiro atoms. The van der Waals surface area contributed by atoms with Crippen LogP contribution in [-0.2, 0) is 6.42 Å². The minimum atomic E-state index is -0.295. The van der Waals surface area contributed by atoms with Crippen LogP contribution in [0.1, 0.15) is 16.7 Å². The molecule has 0 saturated carbocycles. The van der Waals surface area contributed by atoms with E-state index in [1.165, 1.54) is 0 Å². The average Bonchev–Trinajstić information content (AvgIpc) is 2.43. The predicted molar refractivity (Wildman–Crippen MR) is 78.7 cm³/mol. The van der Waals surface area contributed by atoms with Gasteiger partial charge in [-0.1, -0.05) is 18.2 Å². The van der Waals surface area contributed by atoms with E-state index >= 15 is 0 Å². The van der Waals surface area contributed by atoms with Crippen LogP contribution in [0.2, 0.25) is 0 Å². The minimum Gasteiger partial charge on any atom is -0.423 e. The van der Waals surface area contributed by atoms with E-state index in [1.807, 2.05) is 31.2 Å². The third kappa shape index (κ3) is 2.16. The number of nitrogens with two attached hydrogens (primary N) is 1. The second-order valence-corrected chi connectivity index (χ2v) is 4.75. The van der Waals surface area contributed by atoms with Gasteiger partial charge in [-0.05, 0) is 36.2 Å². The Morgan fingerprint density at radius 2 is 2.05 bits per heavy atom. The third-order valence-electron chi connectivity index (χ3n) is 3.42. The minimum absolute atomic E-state index is 0.295. The number of aryl methyl sites for hydroxylation is 1. The third-order valence-corrected chi connectivity index (χ3v) is 3.42. The first-order chi connectivity index (χ1) is 9.65. The van der Waals surface area contributed by atoms with E-state index in [0.29, 0.717) is 23.4 Å². The van der Waals surface area contributed by atoms with E-state index in [9.17, 15) is 4.79 Å². The lowest BCUT2D eigenvalue weighted by Gasteiger charge is -2.07. The number of nitrogen functional groups attached to an aromatic ring is 1. The van der Waals surface area contributed by atoms with Gasteiger partial charge in [0.2, 0.25) is 0 Å². The van der Waals surface area contributed by atoms with Crippen LogP contribution in [0, 0.1) is 6.92 Å². The van der Waals surface area contributed by atoms with Crippen molar-refractivity contribution in [2.45, 2.75) is 13.3 Å². The van der Waals surface area contributed by atoms with Crippen LogP contribution in [0.25, 0.3) is 11.0 Å². The van der Waals surface area contributed by atoms with Gasteiger partial charge in [0.25, 0.3) is 0 Å². The Bertz CT molecular complexity index is 837. The van der Waals surface area contributed by atoms with Crippen LogP contribution in [-0.4, -0.2) is 4.98 Å². The Labute approximate surface area is 115 Å². The predicted octanol–water partition coefficient (Wildman–Crippen LogP) is 2.67. The summed E-state index contributed by atoms with van der Waals surface area (Å²) < 4.78 is 5.37. The average molecular weight is 266 g/mol. The maximum absolute atomic E-state index is 12.1. The van der Waals surface area contributed by atoms with Crippen LogP contribution < -0.4 is 11.4 Å². The molecule has 3 rings (SSSR count). The summed E-state index contributed by atoms with van der Waals surface area (Å²) in [5, 5.41) is 0.962.